The summed E-state index contributed by atoms with van der Waals surface area (Å²) in [6.07, 6.45) is 7.93. The first-order chi connectivity index (χ1) is 10.9. The van der Waals surface area contributed by atoms with Gasteiger partial charge in [0.15, 0.2) is 0 Å². The van der Waals surface area contributed by atoms with E-state index in [1.165, 1.54) is 56.2 Å². The molecule has 2 fully saturated rings. The molecule has 2 bridgehead atoms. The molecule has 1 saturated heterocycles. The Morgan fingerprint density at radius 2 is 2.04 bits per heavy atom. The number of hydrogen-bond donors (Lipinski definition) is 2. The van der Waals surface area contributed by atoms with Gasteiger partial charge in [-0.2, -0.15) is 0 Å². The molecule has 3 atom stereocenters. The van der Waals surface area contributed by atoms with Gasteiger partial charge in [0.1, 0.15) is 5.75 Å². The Morgan fingerprint density at radius 1 is 1.30 bits per heavy atom. The largest absolute Gasteiger partial charge is 0.508 e. The lowest BCUT2D eigenvalue weighted by atomic mass is 9.52. The van der Waals surface area contributed by atoms with E-state index in [9.17, 15) is 5.11 Å². The molecule has 0 unspecified atom stereocenters. The van der Waals surface area contributed by atoms with E-state index in [1.807, 2.05) is 6.07 Å². The third kappa shape index (κ3) is 2.85. The zero-order chi connectivity index (χ0) is 16.6. The van der Waals surface area contributed by atoms with Crippen LogP contribution in [0.1, 0.15) is 50.2 Å². The minimum atomic E-state index is -0.833. The number of carboxylic acids is 1. The molecular formula is C19H27NO3. The van der Waals surface area contributed by atoms with Crippen molar-refractivity contribution in [3.8, 4) is 5.75 Å². The molecule has 4 nitrogen and oxygen atoms in total. The quantitative estimate of drug-likeness (QED) is 0.771. The number of phenols is 1. The number of carboxylic acid groups (broad SMARTS) is 1. The van der Waals surface area contributed by atoms with Crippen LogP contribution >= 0.6 is 0 Å². The number of piperidine rings is 1. The first-order valence-corrected chi connectivity index (χ1v) is 8.66. The van der Waals surface area contributed by atoms with Gasteiger partial charge in [0.05, 0.1) is 0 Å². The fourth-order valence-corrected chi connectivity index (χ4v) is 5.18. The van der Waals surface area contributed by atoms with Gasteiger partial charge in [-0.3, -0.25) is 4.79 Å². The van der Waals surface area contributed by atoms with Crippen molar-refractivity contribution >= 4 is 5.97 Å². The topological polar surface area (TPSA) is 60.8 Å². The Morgan fingerprint density at radius 3 is 2.78 bits per heavy atom. The van der Waals surface area contributed by atoms with Gasteiger partial charge >= 0.3 is 0 Å². The van der Waals surface area contributed by atoms with Crippen molar-refractivity contribution in [3.63, 3.8) is 0 Å². The lowest BCUT2D eigenvalue weighted by molar-refractivity contribution is -0.134. The molecular weight excluding hydrogens is 290 g/mol. The summed E-state index contributed by atoms with van der Waals surface area (Å²) in [4.78, 5) is 11.6. The summed E-state index contributed by atoms with van der Waals surface area (Å²) >= 11 is 0. The third-order valence-corrected chi connectivity index (χ3v) is 6.10. The molecule has 0 aromatic heterocycles. The molecule has 4 heteroatoms. The van der Waals surface area contributed by atoms with Gasteiger partial charge in [0.25, 0.3) is 5.97 Å². The smallest absolute Gasteiger partial charge is 0.300 e. The second-order valence-corrected chi connectivity index (χ2v) is 7.37. The number of likely N-dealkylation sites (N-methyl/N-ethyl adjacent to an activating group) is 1. The summed E-state index contributed by atoms with van der Waals surface area (Å²) in [5, 5.41) is 17.3. The van der Waals surface area contributed by atoms with Crippen LogP contribution in [0.25, 0.3) is 0 Å². The Hall–Kier alpha value is -1.55. The van der Waals surface area contributed by atoms with E-state index in [1.54, 1.807) is 0 Å². The van der Waals surface area contributed by atoms with Crippen molar-refractivity contribution in [2.24, 2.45) is 5.92 Å². The molecule has 4 rings (SSSR count). The number of aromatic hydroxyl groups is 1. The maximum absolute atomic E-state index is 9.91. The van der Waals surface area contributed by atoms with Crippen molar-refractivity contribution in [2.45, 2.75) is 56.9 Å². The third-order valence-electron chi connectivity index (χ3n) is 6.10. The van der Waals surface area contributed by atoms with Crippen LogP contribution in [0.3, 0.4) is 0 Å². The van der Waals surface area contributed by atoms with E-state index in [0.29, 0.717) is 11.2 Å². The van der Waals surface area contributed by atoms with Crippen molar-refractivity contribution < 1.29 is 15.0 Å². The molecule has 1 saturated carbocycles. The van der Waals surface area contributed by atoms with Crippen molar-refractivity contribution in [3.05, 3.63) is 29.3 Å². The fourth-order valence-electron chi connectivity index (χ4n) is 5.18. The molecule has 1 aromatic carbocycles. The van der Waals surface area contributed by atoms with Gasteiger partial charge in [-0.15, -0.1) is 0 Å². The predicted octanol–water partition coefficient (Wildman–Crippen LogP) is 3.17. The zero-order valence-corrected chi connectivity index (χ0v) is 14.1. The van der Waals surface area contributed by atoms with E-state index < -0.39 is 5.97 Å². The minimum absolute atomic E-state index is 0.377. The fraction of sp³-hybridized carbons (Fsp3) is 0.632. The standard InChI is InChI=1S/C17H23NO.C2H4O2/c1-18-9-8-17-7-3-2-4-14(17)16(18)10-12-5-6-13(19)11-15(12)17;1-2(3)4/h5-6,11,14,16,19H,2-4,7-10H2,1H3;1H3,(H,3,4)/t14-,16+,17+;/m0./s1. The average molecular weight is 317 g/mol. The zero-order valence-electron chi connectivity index (χ0n) is 14.1. The van der Waals surface area contributed by atoms with Gasteiger partial charge in [-0.05, 0) is 68.5 Å². The highest BCUT2D eigenvalue weighted by Crippen LogP contribution is 2.55. The SMILES string of the molecule is CC(=O)O.CN1CC[C@]23CCCC[C@H]2[C@H]1Cc1ccc(O)cc13. The number of phenolic OH excluding ortho intramolecular Hbond substituents is 1. The van der Waals surface area contributed by atoms with E-state index in [2.05, 4.69) is 24.1 Å². The van der Waals surface area contributed by atoms with E-state index >= 15 is 0 Å². The number of aliphatic carboxylic acids is 1. The van der Waals surface area contributed by atoms with E-state index in [-0.39, 0.29) is 0 Å². The summed E-state index contributed by atoms with van der Waals surface area (Å²) in [5.74, 6) is 0.434. The van der Waals surface area contributed by atoms with Crippen LogP contribution in [0.15, 0.2) is 18.2 Å². The van der Waals surface area contributed by atoms with Crippen LogP contribution in [0.4, 0.5) is 0 Å². The van der Waals surface area contributed by atoms with E-state index in [0.717, 1.165) is 18.9 Å². The van der Waals surface area contributed by atoms with Gasteiger partial charge in [-0.25, -0.2) is 0 Å². The molecule has 2 N–H and O–H groups in total. The Balaban J connectivity index is 0.000000354. The van der Waals surface area contributed by atoms with Crippen molar-refractivity contribution in [1.29, 1.82) is 0 Å². The second-order valence-electron chi connectivity index (χ2n) is 7.37. The number of nitrogens with zero attached hydrogens (tertiary/aromatic N) is 1. The number of likely N-dealkylation sites (tertiary alicyclic amines) is 1. The monoisotopic (exact) mass is 317 g/mol. The normalized spacial score (nSPS) is 32.1. The Kier molecular flexibility index (Phi) is 4.37. The first kappa shape index (κ1) is 16.3. The Labute approximate surface area is 138 Å². The lowest BCUT2D eigenvalue weighted by Gasteiger charge is -2.58. The van der Waals surface area contributed by atoms with Crippen molar-refractivity contribution in [2.75, 3.05) is 13.6 Å². The van der Waals surface area contributed by atoms with Crippen LogP contribution in [-0.4, -0.2) is 40.7 Å². The molecule has 126 valence electrons. The summed E-state index contributed by atoms with van der Waals surface area (Å²) < 4.78 is 0. The molecule has 0 amide bonds. The summed E-state index contributed by atoms with van der Waals surface area (Å²) in [6.45, 7) is 2.30. The van der Waals surface area contributed by atoms with Gasteiger partial charge < -0.3 is 15.1 Å². The average Bonchev–Trinajstić information content (AvgIpc) is 2.51. The van der Waals surface area contributed by atoms with Crippen LogP contribution in [0.2, 0.25) is 0 Å². The summed E-state index contributed by atoms with van der Waals surface area (Å²) in [7, 11) is 2.30. The number of rotatable bonds is 0. The van der Waals surface area contributed by atoms with Crippen molar-refractivity contribution in [1.82, 2.24) is 4.90 Å². The highest BCUT2D eigenvalue weighted by Gasteiger charge is 2.52. The number of carbonyl (C=O) groups is 1. The maximum Gasteiger partial charge on any atom is 0.300 e. The summed E-state index contributed by atoms with van der Waals surface area (Å²) in [5.41, 5.74) is 3.36. The number of hydrogen-bond acceptors (Lipinski definition) is 3. The van der Waals surface area contributed by atoms with Gasteiger partial charge in [-0.1, -0.05) is 18.9 Å². The molecule has 0 radical (unpaired) electrons. The van der Waals surface area contributed by atoms with Gasteiger partial charge in [0, 0.05) is 18.4 Å². The highest BCUT2D eigenvalue weighted by atomic mass is 16.4. The highest BCUT2D eigenvalue weighted by molar-refractivity contribution is 5.62. The molecule has 23 heavy (non-hydrogen) atoms. The summed E-state index contributed by atoms with van der Waals surface area (Å²) in [6, 6.07) is 6.85. The predicted molar refractivity (Wildman–Crippen MR) is 89.8 cm³/mol. The molecule has 3 aliphatic rings. The van der Waals surface area contributed by atoms with Gasteiger partial charge in [0.2, 0.25) is 0 Å². The molecule has 1 heterocycles. The molecule has 1 aromatic rings. The lowest BCUT2D eigenvalue weighted by Crippen LogP contribution is -2.59. The Bertz CT molecular complexity index is 596. The van der Waals surface area contributed by atoms with Crippen LogP contribution in [0, 0.1) is 5.92 Å². The van der Waals surface area contributed by atoms with Crippen LogP contribution in [-0.2, 0) is 16.6 Å². The molecule has 0 spiro atoms. The van der Waals surface area contributed by atoms with Crippen LogP contribution in [0.5, 0.6) is 5.75 Å². The van der Waals surface area contributed by atoms with E-state index in [4.69, 9.17) is 9.90 Å². The minimum Gasteiger partial charge on any atom is -0.508 e. The molecule has 2 aliphatic carbocycles. The first-order valence-electron chi connectivity index (χ1n) is 8.66. The van der Waals surface area contributed by atoms with Crippen LogP contribution < -0.4 is 0 Å². The molecule has 1 aliphatic heterocycles. The number of benzene rings is 1. The second kappa shape index (κ2) is 6.16. The maximum atomic E-state index is 9.91. The number of fused-ring (bicyclic) bond motifs is 1.